The van der Waals surface area contributed by atoms with Crippen LogP contribution in [0.4, 0.5) is 0 Å². The summed E-state index contributed by atoms with van der Waals surface area (Å²) in [5.74, 6) is 1.15. The molecule has 1 aliphatic rings. The smallest absolute Gasteiger partial charge is 0.106 e. The highest BCUT2D eigenvalue weighted by Gasteiger charge is 2.39. The number of hydrogen-bond donors (Lipinski definition) is 2. The Bertz CT molecular complexity index is 342. The molecule has 2 nitrogen and oxygen atoms in total. The predicted molar refractivity (Wildman–Crippen MR) is 59.3 cm³/mol. The summed E-state index contributed by atoms with van der Waals surface area (Å²) in [6.45, 7) is 2.35. The molecule has 1 heterocycles. The first kappa shape index (κ1) is 10.0. The second-order valence-electron chi connectivity index (χ2n) is 3.84. The van der Waals surface area contributed by atoms with E-state index in [-0.39, 0.29) is 5.92 Å². The maximum absolute atomic E-state index is 10.5. The van der Waals surface area contributed by atoms with Crippen LogP contribution in [0.1, 0.15) is 12.5 Å². The minimum absolute atomic E-state index is 0.215. The molecular weight excluding hydrogens is 194 g/mol. The molecule has 76 valence electrons. The van der Waals surface area contributed by atoms with Gasteiger partial charge in [-0.2, -0.15) is 0 Å². The molecular formula is C11H15NOS. The van der Waals surface area contributed by atoms with Gasteiger partial charge in [-0.05, 0) is 17.5 Å². The van der Waals surface area contributed by atoms with Gasteiger partial charge in [-0.1, -0.05) is 25.1 Å². The number of benzene rings is 1. The van der Waals surface area contributed by atoms with Gasteiger partial charge in [0.15, 0.2) is 0 Å². The summed E-state index contributed by atoms with van der Waals surface area (Å²) < 4.78 is 0. The summed E-state index contributed by atoms with van der Waals surface area (Å²) in [5.41, 5.74) is 5.84. The summed E-state index contributed by atoms with van der Waals surface area (Å²) in [6, 6.07) is 7.98. The van der Waals surface area contributed by atoms with Crippen molar-refractivity contribution in [1.29, 1.82) is 0 Å². The lowest BCUT2D eigenvalue weighted by Gasteiger charge is -2.38. The molecule has 1 aromatic carbocycles. The lowest BCUT2D eigenvalue weighted by molar-refractivity contribution is -0.00383. The van der Waals surface area contributed by atoms with Gasteiger partial charge in [0.2, 0.25) is 0 Å². The summed E-state index contributed by atoms with van der Waals surface area (Å²) >= 11 is 1.80. The van der Waals surface area contributed by atoms with Crippen molar-refractivity contribution >= 4 is 11.8 Å². The van der Waals surface area contributed by atoms with Crippen molar-refractivity contribution in [2.75, 3.05) is 12.3 Å². The molecule has 0 aliphatic carbocycles. The van der Waals surface area contributed by atoms with Crippen molar-refractivity contribution in [1.82, 2.24) is 0 Å². The first-order valence-electron chi connectivity index (χ1n) is 4.83. The molecule has 2 rings (SSSR count). The molecule has 0 aromatic heterocycles. The van der Waals surface area contributed by atoms with E-state index in [0.717, 1.165) is 11.3 Å². The lowest BCUT2D eigenvalue weighted by atomic mass is 9.83. The Labute approximate surface area is 88.5 Å². The van der Waals surface area contributed by atoms with E-state index in [0.29, 0.717) is 6.54 Å². The Morgan fingerprint density at radius 3 is 3.00 bits per heavy atom. The Morgan fingerprint density at radius 1 is 1.57 bits per heavy atom. The molecule has 14 heavy (non-hydrogen) atoms. The number of nitrogens with two attached hydrogens (primary N) is 1. The maximum atomic E-state index is 10.5. The van der Waals surface area contributed by atoms with Crippen molar-refractivity contribution < 1.29 is 5.11 Å². The maximum Gasteiger partial charge on any atom is 0.106 e. The molecule has 0 saturated carbocycles. The number of thioether (sulfide) groups is 1. The molecule has 3 N–H and O–H groups in total. The van der Waals surface area contributed by atoms with Crippen LogP contribution in [0.15, 0.2) is 29.2 Å². The third-order valence-electron chi connectivity index (χ3n) is 2.97. The van der Waals surface area contributed by atoms with Crippen LogP contribution in [0, 0.1) is 5.92 Å². The largest absolute Gasteiger partial charge is 0.383 e. The van der Waals surface area contributed by atoms with Crippen LogP contribution >= 0.6 is 11.8 Å². The highest BCUT2D eigenvalue weighted by atomic mass is 32.2. The van der Waals surface area contributed by atoms with Crippen molar-refractivity contribution in [3.63, 3.8) is 0 Å². The standard InChI is InChI=1S/C11H15NOS/c1-8-6-14-10-5-3-2-4-9(10)11(8,13)7-12/h2-5,8,13H,6-7,12H2,1H3. The Kier molecular flexibility index (Phi) is 2.56. The van der Waals surface area contributed by atoms with E-state index in [1.807, 2.05) is 24.3 Å². The van der Waals surface area contributed by atoms with Gasteiger partial charge in [0.1, 0.15) is 5.60 Å². The fourth-order valence-corrected chi connectivity index (χ4v) is 3.16. The van der Waals surface area contributed by atoms with Crippen LogP contribution in [0.5, 0.6) is 0 Å². The quantitative estimate of drug-likeness (QED) is 0.738. The first-order valence-corrected chi connectivity index (χ1v) is 5.82. The van der Waals surface area contributed by atoms with E-state index in [4.69, 9.17) is 5.73 Å². The van der Waals surface area contributed by atoms with Gasteiger partial charge in [0.05, 0.1) is 0 Å². The van der Waals surface area contributed by atoms with Crippen LogP contribution in [-0.4, -0.2) is 17.4 Å². The fraction of sp³-hybridized carbons (Fsp3) is 0.455. The van der Waals surface area contributed by atoms with E-state index in [9.17, 15) is 5.11 Å². The van der Waals surface area contributed by atoms with Gasteiger partial charge >= 0.3 is 0 Å². The molecule has 0 bridgehead atoms. The van der Waals surface area contributed by atoms with E-state index in [1.54, 1.807) is 11.8 Å². The molecule has 1 aromatic rings. The molecule has 0 spiro atoms. The third-order valence-corrected chi connectivity index (χ3v) is 4.30. The zero-order valence-electron chi connectivity index (χ0n) is 8.23. The molecule has 1 aliphatic heterocycles. The molecule has 2 atom stereocenters. The number of fused-ring (bicyclic) bond motifs is 1. The first-order chi connectivity index (χ1) is 6.68. The highest BCUT2D eigenvalue weighted by Crippen LogP contribution is 2.42. The van der Waals surface area contributed by atoms with Gasteiger partial charge < -0.3 is 10.8 Å². The molecule has 0 amide bonds. The van der Waals surface area contributed by atoms with E-state index in [1.165, 1.54) is 4.90 Å². The van der Waals surface area contributed by atoms with E-state index in [2.05, 4.69) is 6.92 Å². The summed E-state index contributed by atoms with van der Waals surface area (Å²) in [4.78, 5) is 1.17. The normalized spacial score (nSPS) is 31.2. The lowest BCUT2D eigenvalue weighted by Crippen LogP contribution is -2.44. The Balaban J connectivity index is 2.52. The molecule has 0 fully saturated rings. The third kappa shape index (κ3) is 1.36. The minimum atomic E-state index is -0.832. The van der Waals surface area contributed by atoms with Crippen LogP contribution in [0.3, 0.4) is 0 Å². The Hall–Kier alpha value is -0.510. The van der Waals surface area contributed by atoms with Crippen molar-refractivity contribution in [3.8, 4) is 0 Å². The summed E-state index contributed by atoms with van der Waals surface area (Å²) in [5, 5.41) is 10.5. The second-order valence-corrected chi connectivity index (χ2v) is 4.90. The van der Waals surface area contributed by atoms with Crippen LogP contribution in [0.2, 0.25) is 0 Å². The summed E-state index contributed by atoms with van der Waals surface area (Å²) in [6.07, 6.45) is 0. The van der Waals surface area contributed by atoms with Crippen molar-refractivity contribution in [2.24, 2.45) is 11.7 Å². The monoisotopic (exact) mass is 209 g/mol. The molecule has 0 saturated heterocycles. The molecule has 3 heteroatoms. The fourth-order valence-electron chi connectivity index (χ4n) is 1.88. The zero-order valence-corrected chi connectivity index (χ0v) is 9.05. The van der Waals surface area contributed by atoms with Crippen molar-refractivity contribution in [3.05, 3.63) is 29.8 Å². The number of rotatable bonds is 1. The SMILES string of the molecule is CC1CSc2ccccc2C1(O)CN. The van der Waals surface area contributed by atoms with Gasteiger partial charge in [-0.25, -0.2) is 0 Å². The summed E-state index contributed by atoms with van der Waals surface area (Å²) in [7, 11) is 0. The average molecular weight is 209 g/mol. The molecule has 0 radical (unpaired) electrons. The number of aliphatic hydroxyl groups is 1. The molecule has 2 unspecified atom stereocenters. The average Bonchev–Trinajstić information content (AvgIpc) is 2.24. The Morgan fingerprint density at radius 2 is 2.29 bits per heavy atom. The van der Waals surface area contributed by atoms with Gasteiger partial charge in [-0.3, -0.25) is 0 Å². The van der Waals surface area contributed by atoms with Crippen LogP contribution in [0.25, 0.3) is 0 Å². The second kappa shape index (κ2) is 3.57. The van der Waals surface area contributed by atoms with Gasteiger partial charge in [-0.15, -0.1) is 11.8 Å². The topological polar surface area (TPSA) is 46.2 Å². The van der Waals surface area contributed by atoms with E-state index >= 15 is 0 Å². The van der Waals surface area contributed by atoms with Crippen LogP contribution in [-0.2, 0) is 5.60 Å². The van der Waals surface area contributed by atoms with Gasteiger partial charge in [0.25, 0.3) is 0 Å². The van der Waals surface area contributed by atoms with E-state index < -0.39 is 5.60 Å². The zero-order chi connectivity index (χ0) is 10.2. The highest BCUT2D eigenvalue weighted by molar-refractivity contribution is 7.99. The van der Waals surface area contributed by atoms with Crippen molar-refractivity contribution in [2.45, 2.75) is 17.4 Å². The van der Waals surface area contributed by atoms with Gasteiger partial charge in [0, 0.05) is 17.2 Å². The minimum Gasteiger partial charge on any atom is -0.383 e. The number of hydrogen-bond acceptors (Lipinski definition) is 3. The van der Waals surface area contributed by atoms with Crippen LogP contribution < -0.4 is 5.73 Å². The predicted octanol–water partition coefficient (Wildman–Crippen LogP) is 1.57.